The van der Waals surface area contributed by atoms with Crippen molar-refractivity contribution >= 4 is 11.9 Å². The number of esters is 1. The first-order chi connectivity index (χ1) is 22.8. The van der Waals surface area contributed by atoms with Gasteiger partial charge in [0.05, 0.1) is 18.6 Å². The van der Waals surface area contributed by atoms with E-state index < -0.39 is 48.0 Å². The SMILES string of the molecule is C=C(C)[C@@H]1CC[C@]2(C(=O)O)CC[C@]3(C)[C@H](CC[C@@H]4[C@@]5(C)CC[C@H](OC(=O)CN(OC)C6O[C@@H](C)[C@H](O)[C@@H](O)[C@H]6O)C(C)(C)[C@@H]5CC[C@]43C)[C@@H]12. The van der Waals surface area contributed by atoms with Gasteiger partial charge in [0, 0.05) is 5.41 Å². The third kappa shape index (κ3) is 5.31. The molecule has 5 aliphatic carbocycles. The highest BCUT2D eigenvalue weighted by Gasteiger charge is 2.72. The normalized spacial score (nSPS) is 50.4. The van der Waals surface area contributed by atoms with E-state index in [-0.39, 0.29) is 46.1 Å². The number of hydrogen-bond donors (Lipinski definition) is 4. The van der Waals surface area contributed by atoms with Crippen LogP contribution in [0.2, 0.25) is 0 Å². The standard InChI is InChI=1S/C39H63NO9/c1-21(2)23-12-17-39(34(45)46)19-18-37(7)24(29(23)39)10-11-26-36(6)15-14-27(35(4,5)25(36)13-16-38(26,37)8)49-28(41)20-40(47-9)33-32(44)31(43)30(42)22(3)48-33/h22-27,29-33,42-44H,1,10-20H2,2-9H3,(H,45,46)/t22-,23-,24+,25-,26+,27-,29+,30-,31+,32+,33?,36-,37+,38+,39-/m0/s1. The van der Waals surface area contributed by atoms with Crippen LogP contribution in [-0.2, 0) is 23.9 Å². The minimum atomic E-state index is -1.47. The molecule has 1 heterocycles. The van der Waals surface area contributed by atoms with Crippen LogP contribution >= 0.6 is 0 Å². The minimum absolute atomic E-state index is 0.0511. The number of fused-ring (bicyclic) bond motifs is 7. The van der Waals surface area contributed by atoms with Crippen LogP contribution in [-0.4, -0.2) is 87.8 Å². The minimum Gasteiger partial charge on any atom is -0.481 e. The zero-order chi connectivity index (χ0) is 36.1. The molecule has 5 saturated carbocycles. The van der Waals surface area contributed by atoms with Crippen molar-refractivity contribution in [2.75, 3.05) is 13.7 Å². The van der Waals surface area contributed by atoms with Crippen LogP contribution in [0.1, 0.15) is 113 Å². The Balaban J connectivity index is 1.19. The van der Waals surface area contributed by atoms with Gasteiger partial charge in [-0.15, -0.1) is 5.06 Å². The highest BCUT2D eigenvalue weighted by Crippen LogP contribution is 2.77. The van der Waals surface area contributed by atoms with Crippen molar-refractivity contribution < 1.29 is 44.3 Å². The molecule has 4 N–H and O–H groups in total. The average Bonchev–Trinajstić information content (AvgIpc) is 3.44. The molecular formula is C39H63NO9. The third-order valence-electron chi connectivity index (χ3n) is 16.3. The highest BCUT2D eigenvalue weighted by atomic mass is 16.7. The summed E-state index contributed by atoms with van der Waals surface area (Å²) in [5.74, 6) is 0.558. The number of allylic oxidation sites excluding steroid dienone is 1. The van der Waals surface area contributed by atoms with Crippen LogP contribution in [0.15, 0.2) is 12.2 Å². The van der Waals surface area contributed by atoms with Gasteiger partial charge in [0.15, 0.2) is 6.23 Å². The number of aliphatic hydroxyl groups is 3. The molecular weight excluding hydrogens is 626 g/mol. The molecule has 6 rings (SSSR count). The lowest BCUT2D eigenvalue weighted by Crippen LogP contribution is -2.67. The van der Waals surface area contributed by atoms with Gasteiger partial charge in [-0.1, -0.05) is 46.8 Å². The number of hydroxylamine groups is 2. The smallest absolute Gasteiger partial charge is 0.323 e. The molecule has 10 nitrogen and oxygen atoms in total. The molecule has 0 aromatic heterocycles. The van der Waals surface area contributed by atoms with E-state index in [0.717, 1.165) is 69.8 Å². The summed E-state index contributed by atoms with van der Waals surface area (Å²) in [6.07, 6.45) is 3.06. The number of aliphatic carboxylic acids is 1. The van der Waals surface area contributed by atoms with Crippen molar-refractivity contribution in [3.8, 4) is 0 Å². The van der Waals surface area contributed by atoms with Gasteiger partial charge in [0.25, 0.3) is 0 Å². The number of carbonyl (C=O) groups excluding carboxylic acids is 1. The van der Waals surface area contributed by atoms with Crippen molar-refractivity contribution in [2.24, 2.45) is 56.7 Å². The van der Waals surface area contributed by atoms with Gasteiger partial charge in [0.2, 0.25) is 0 Å². The van der Waals surface area contributed by atoms with Gasteiger partial charge in [0.1, 0.15) is 31.0 Å². The fourth-order valence-corrected chi connectivity index (χ4v) is 13.5. The van der Waals surface area contributed by atoms with Gasteiger partial charge >= 0.3 is 11.9 Å². The molecule has 6 aliphatic rings. The number of rotatable bonds is 7. The number of ether oxygens (including phenoxy) is 2. The highest BCUT2D eigenvalue weighted by molar-refractivity contribution is 5.76. The predicted molar refractivity (Wildman–Crippen MR) is 183 cm³/mol. The van der Waals surface area contributed by atoms with E-state index in [2.05, 4.69) is 48.1 Å². The van der Waals surface area contributed by atoms with Crippen LogP contribution < -0.4 is 0 Å². The molecule has 278 valence electrons. The maximum absolute atomic E-state index is 13.5. The number of carboxylic acids is 1. The van der Waals surface area contributed by atoms with E-state index in [0.29, 0.717) is 17.8 Å². The summed E-state index contributed by atoms with van der Waals surface area (Å²) >= 11 is 0. The quantitative estimate of drug-likeness (QED) is 0.157. The molecule has 1 saturated heterocycles. The van der Waals surface area contributed by atoms with Crippen LogP contribution in [0.5, 0.6) is 0 Å². The van der Waals surface area contributed by atoms with Gasteiger partial charge < -0.3 is 29.9 Å². The van der Waals surface area contributed by atoms with Crippen LogP contribution in [0.25, 0.3) is 0 Å². The maximum Gasteiger partial charge on any atom is 0.323 e. The number of aliphatic hydroxyl groups excluding tert-OH is 3. The topological polar surface area (TPSA) is 146 Å². The van der Waals surface area contributed by atoms with E-state index in [1.54, 1.807) is 6.92 Å². The molecule has 0 spiro atoms. The Morgan fingerprint density at radius 3 is 2.18 bits per heavy atom. The van der Waals surface area contributed by atoms with Gasteiger partial charge in [-0.2, -0.15) is 0 Å². The summed E-state index contributed by atoms with van der Waals surface area (Å²) in [6, 6.07) is 0. The second-order valence-corrected chi connectivity index (χ2v) is 18.4. The molecule has 6 fully saturated rings. The van der Waals surface area contributed by atoms with Crippen LogP contribution in [0.4, 0.5) is 0 Å². The molecule has 49 heavy (non-hydrogen) atoms. The van der Waals surface area contributed by atoms with E-state index >= 15 is 0 Å². The lowest BCUT2D eigenvalue weighted by Gasteiger charge is -2.72. The fourth-order valence-electron chi connectivity index (χ4n) is 13.5. The zero-order valence-corrected chi connectivity index (χ0v) is 31.1. The maximum atomic E-state index is 13.5. The molecule has 0 aromatic carbocycles. The van der Waals surface area contributed by atoms with Crippen molar-refractivity contribution in [3.63, 3.8) is 0 Å². The fraction of sp³-hybridized carbons (Fsp3) is 0.897. The number of carbonyl (C=O) groups is 2. The van der Waals surface area contributed by atoms with E-state index in [1.807, 2.05) is 0 Å². The molecule has 10 heteroatoms. The Bertz CT molecular complexity index is 1320. The molecule has 0 amide bonds. The lowest BCUT2D eigenvalue weighted by molar-refractivity contribution is -0.321. The Morgan fingerprint density at radius 1 is 0.857 bits per heavy atom. The first kappa shape index (κ1) is 37.2. The van der Waals surface area contributed by atoms with Crippen LogP contribution in [0.3, 0.4) is 0 Å². The second-order valence-electron chi connectivity index (χ2n) is 18.4. The van der Waals surface area contributed by atoms with E-state index in [1.165, 1.54) is 12.2 Å². The monoisotopic (exact) mass is 689 g/mol. The summed E-state index contributed by atoms with van der Waals surface area (Å²) in [7, 11) is 1.37. The summed E-state index contributed by atoms with van der Waals surface area (Å²) in [5.41, 5.74) is 0.441. The zero-order valence-electron chi connectivity index (χ0n) is 31.1. The summed E-state index contributed by atoms with van der Waals surface area (Å²) in [4.78, 5) is 31.9. The summed E-state index contributed by atoms with van der Waals surface area (Å²) in [5, 5.41) is 42.9. The largest absolute Gasteiger partial charge is 0.481 e. The molecule has 0 bridgehead atoms. The summed E-state index contributed by atoms with van der Waals surface area (Å²) < 4.78 is 12.0. The first-order valence-corrected chi connectivity index (χ1v) is 18.9. The van der Waals surface area contributed by atoms with Gasteiger partial charge in [-0.25, -0.2) is 0 Å². The molecule has 0 aromatic rings. The van der Waals surface area contributed by atoms with Crippen molar-refractivity contribution in [1.82, 2.24) is 5.06 Å². The lowest BCUT2D eigenvalue weighted by atomic mass is 9.32. The van der Waals surface area contributed by atoms with Crippen molar-refractivity contribution in [1.29, 1.82) is 0 Å². The Labute approximate surface area is 292 Å². The number of hydrogen-bond acceptors (Lipinski definition) is 9. The Kier molecular flexibility index (Phi) is 9.52. The number of nitrogens with zero attached hydrogens (tertiary/aromatic N) is 1. The second kappa shape index (κ2) is 12.5. The molecule has 1 aliphatic heterocycles. The van der Waals surface area contributed by atoms with Crippen LogP contribution in [0, 0.1) is 56.7 Å². The molecule has 15 atom stereocenters. The van der Waals surface area contributed by atoms with Crippen molar-refractivity contribution in [2.45, 2.75) is 149 Å². The van der Waals surface area contributed by atoms with Gasteiger partial charge in [-0.05, 0) is 124 Å². The third-order valence-corrected chi connectivity index (χ3v) is 16.3. The van der Waals surface area contributed by atoms with E-state index in [4.69, 9.17) is 14.3 Å². The van der Waals surface area contributed by atoms with Gasteiger partial charge in [-0.3, -0.25) is 14.4 Å². The van der Waals surface area contributed by atoms with Crippen molar-refractivity contribution in [3.05, 3.63) is 12.2 Å². The molecule has 1 unspecified atom stereocenters. The average molecular weight is 690 g/mol. The summed E-state index contributed by atoms with van der Waals surface area (Å²) in [6.45, 7) is 19.8. The van der Waals surface area contributed by atoms with E-state index in [9.17, 15) is 30.0 Å². The predicted octanol–water partition coefficient (Wildman–Crippen LogP) is 5.33. The number of carboxylic acid groups (broad SMARTS) is 1. The first-order valence-electron chi connectivity index (χ1n) is 18.9. The Morgan fingerprint density at radius 2 is 1.55 bits per heavy atom. The Hall–Kier alpha value is -1.56. The molecule has 0 radical (unpaired) electrons.